The molecule has 1 unspecified atom stereocenters. The molecule has 0 amide bonds. The minimum absolute atomic E-state index is 0.0293. The van der Waals surface area contributed by atoms with Gasteiger partial charge in [0.1, 0.15) is 5.76 Å². The van der Waals surface area contributed by atoms with E-state index in [0.717, 1.165) is 17.6 Å². The van der Waals surface area contributed by atoms with Crippen LogP contribution in [0.5, 0.6) is 0 Å². The summed E-state index contributed by atoms with van der Waals surface area (Å²) in [5.74, 6) is -0.0406. The number of hydrogen-bond donors (Lipinski definition) is 2. The molecule has 0 spiro atoms. The van der Waals surface area contributed by atoms with Gasteiger partial charge in [-0.05, 0) is 72.1 Å². The highest BCUT2D eigenvalue weighted by molar-refractivity contribution is 5.85. The van der Waals surface area contributed by atoms with Crippen molar-refractivity contribution in [3.05, 3.63) is 63.7 Å². The molecule has 0 saturated heterocycles. The largest absolute Gasteiger partial charge is 0.475 e. The minimum atomic E-state index is -1.04. The summed E-state index contributed by atoms with van der Waals surface area (Å²) in [6.45, 7) is 9.00. The molecule has 4 rings (SSSR count). The number of carbonyl (C=O) groups is 1. The Morgan fingerprint density at radius 3 is 2.65 bits per heavy atom. The molecular formula is C30H39NO3. The van der Waals surface area contributed by atoms with Gasteiger partial charge in [-0.25, -0.2) is 4.79 Å². The fourth-order valence-corrected chi connectivity index (χ4v) is 5.59. The number of carboxylic acids is 1. The van der Waals surface area contributed by atoms with Crippen LogP contribution in [0.15, 0.2) is 34.8 Å². The van der Waals surface area contributed by atoms with Gasteiger partial charge in [-0.1, -0.05) is 77.5 Å². The second-order valence-corrected chi connectivity index (χ2v) is 10.6. The van der Waals surface area contributed by atoms with Gasteiger partial charge in [-0.3, -0.25) is 0 Å². The molecule has 182 valence electrons. The Morgan fingerprint density at radius 2 is 1.91 bits per heavy atom. The van der Waals surface area contributed by atoms with Crippen molar-refractivity contribution in [2.24, 2.45) is 0 Å². The molecule has 2 aromatic heterocycles. The number of fused-ring (bicyclic) bond motifs is 3. The first-order chi connectivity index (χ1) is 16.3. The first kappa shape index (κ1) is 24.4. The first-order valence-electron chi connectivity index (χ1n) is 13.0. The lowest BCUT2D eigenvalue weighted by Crippen LogP contribution is -2.30. The second kappa shape index (κ2) is 10.2. The van der Waals surface area contributed by atoms with Crippen LogP contribution in [0, 0.1) is 0 Å². The average Bonchev–Trinajstić information content (AvgIpc) is 3.43. The molecule has 34 heavy (non-hydrogen) atoms. The molecule has 0 saturated carbocycles. The standard InChI is InChI=1S/C30H39NO3/c1-5-6-7-8-9-10-12-21-14-15-22(19-20(2)24-16-17-25(34-24)29(32)33)28-26(21)27-23(31-28)13-11-18-30(27,3)4/h13-17,19,21,31H,5-12,18H2,1-4H3,(H,32,33). The van der Waals surface area contributed by atoms with Crippen LogP contribution in [0.25, 0.3) is 17.2 Å². The van der Waals surface area contributed by atoms with Gasteiger partial charge in [0, 0.05) is 16.6 Å². The molecule has 4 heteroatoms. The number of nitrogens with one attached hydrogen (secondary N) is 1. The zero-order valence-corrected chi connectivity index (χ0v) is 21.2. The molecule has 1 atom stereocenters. The predicted molar refractivity (Wildman–Crippen MR) is 139 cm³/mol. The van der Waals surface area contributed by atoms with Crippen LogP contribution in [0.4, 0.5) is 0 Å². The number of allylic oxidation sites excluding steroid dienone is 4. The van der Waals surface area contributed by atoms with Crippen molar-refractivity contribution in [1.29, 1.82) is 0 Å². The van der Waals surface area contributed by atoms with Gasteiger partial charge in [0.25, 0.3) is 0 Å². The van der Waals surface area contributed by atoms with Crippen molar-refractivity contribution in [3.63, 3.8) is 0 Å². The lowest BCUT2D eigenvalue weighted by atomic mass is 9.73. The Hall–Kier alpha value is -2.75. The van der Waals surface area contributed by atoms with Gasteiger partial charge in [-0.15, -0.1) is 0 Å². The highest BCUT2D eigenvalue weighted by Crippen LogP contribution is 2.37. The molecule has 2 aliphatic carbocycles. The van der Waals surface area contributed by atoms with Crippen LogP contribution >= 0.6 is 0 Å². The maximum absolute atomic E-state index is 11.2. The van der Waals surface area contributed by atoms with E-state index >= 15 is 0 Å². The van der Waals surface area contributed by atoms with E-state index in [2.05, 4.69) is 50.1 Å². The molecular weight excluding hydrogens is 422 g/mol. The third-order valence-corrected chi connectivity index (χ3v) is 7.48. The smallest absolute Gasteiger partial charge is 0.371 e. The molecule has 0 bridgehead atoms. The maximum Gasteiger partial charge on any atom is 0.371 e. The fraction of sp³-hybridized carbons (Fsp3) is 0.500. The van der Waals surface area contributed by atoms with Crippen LogP contribution < -0.4 is 10.7 Å². The van der Waals surface area contributed by atoms with Gasteiger partial charge in [0.2, 0.25) is 5.76 Å². The number of aromatic nitrogens is 1. The SMILES string of the molecule is CCCCCCCCC1C=CC(C=C(C)c2ccc(C(=O)O)o2)=c2[nH]c3c(c21)C(C)(C)CCC=3. The number of unbranched alkanes of at least 4 members (excludes halogenated alkanes) is 5. The van der Waals surface area contributed by atoms with Gasteiger partial charge >= 0.3 is 5.97 Å². The van der Waals surface area contributed by atoms with Crippen LogP contribution in [-0.2, 0) is 5.41 Å². The molecule has 2 aromatic rings. The first-order valence-corrected chi connectivity index (χ1v) is 13.0. The Bertz CT molecular complexity index is 1220. The number of carboxylic acid groups (broad SMARTS) is 1. The van der Waals surface area contributed by atoms with Gasteiger partial charge in [0.05, 0.1) is 0 Å². The summed E-state index contributed by atoms with van der Waals surface area (Å²) in [5.41, 5.74) is 5.17. The fourth-order valence-electron chi connectivity index (χ4n) is 5.59. The third kappa shape index (κ3) is 5.01. The summed E-state index contributed by atoms with van der Waals surface area (Å²) >= 11 is 0. The Morgan fingerprint density at radius 1 is 1.18 bits per heavy atom. The zero-order chi connectivity index (χ0) is 24.3. The quantitative estimate of drug-likeness (QED) is 0.382. The van der Waals surface area contributed by atoms with Crippen LogP contribution in [0.2, 0.25) is 0 Å². The number of furan rings is 1. The molecule has 0 radical (unpaired) electrons. The summed E-state index contributed by atoms with van der Waals surface area (Å²) in [7, 11) is 0. The van der Waals surface area contributed by atoms with Crippen molar-refractivity contribution < 1.29 is 14.3 Å². The maximum atomic E-state index is 11.2. The number of aromatic amines is 1. The van der Waals surface area contributed by atoms with E-state index in [9.17, 15) is 9.90 Å². The number of H-pyrrole nitrogens is 1. The topological polar surface area (TPSA) is 66.2 Å². The lowest BCUT2D eigenvalue weighted by molar-refractivity contribution is 0.0662. The highest BCUT2D eigenvalue weighted by Gasteiger charge is 2.32. The number of hydrogen-bond acceptors (Lipinski definition) is 2. The normalized spacial score (nSPS) is 19.0. The second-order valence-electron chi connectivity index (χ2n) is 10.6. The summed E-state index contributed by atoms with van der Waals surface area (Å²) in [6.07, 6.45) is 20.5. The third-order valence-electron chi connectivity index (χ3n) is 7.48. The van der Waals surface area contributed by atoms with Crippen molar-refractivity contribution in [1.82, 2.24) is 4.98 Å². The number of rotatable bonds is 10. The van der Waals surface area contributed by atoms with E-state index in [1.165, 1.54) is 79.3 Å². The minimum Gasteiger partial charge on any atom is -0.475 e. The van der Waals surface area contributed by atoms with E-state index < -0.39 is 5.97 Å². The van der Waals surface area contributed by atoms with E-state index in [4.69, 9.17) is 4.42 Å². The highest BCUT2D eigenvalue weighted by atomic mass is 16.4. The van der Waals surface area contributed by atoms with Crippen molar-refractivity contribution in [2.75, 3.05) is 0 Å². The molecule has 4 nitrogen and oxygen atoms in total. The summed E-state index contributed by atoms with van der Waals surface area (Å²) in [6, 6.07) is 3.25. The summed E-state index contributed by atoms with van der Waals surface area (Å²) in [4.78, 5) is 15.0. The molecule has 0 fully saturated rings. The van der Waals surface area contributed by atoms with Gasteiger partial charge in [-0.2, -0.15) is 0 Å². The molecule has 0 aromatic carbocycles. The van der Waals surface area contributed by atoms with Crippen LogP contribution in [0.3, 0.4) is 0 Å². The van der Waals surface area contributed by atoms with Crippen LogP contribution in [0.1, 0.15) is 119 Å². The molecule has 2 heterocycles. The van der Waals surface area contributed by atoms with E-state index in [0.29, 0.717) is 11.7 Å². The predicted octanol–water partition coefficient (Wildman–Crippen LogP) is 6.82. The van der Waals surface area contributed by atoms with Crippen molar-refractivity contribution >= 4 is 23.2 Å². The summed E-state index contributed by atoms with van der Waals surface area (Å²) < 4.78 is 5.54. The van der Waals surface area contributed by atoms with Gasteiger partial charge in [0.15, 0.2) is 0 Å². The van der Waals surface area contributed by atoms with Crippen molar-refractivity contribution in [2.45, 2.75) is 96.8 Å². The van der Waals surface area contributed by atoms with Crippen LogP contribution in [-0.4, -0.2) is 16.1 Å². The van der Waals surface area contributed by atoms with Gasteiger partial charge < -0.3 is 14.5 Å². The Balaban J connectivity index is 1.70. The van der Waals surface area contributed by atoms with E-state index in [1.807, 2.05) is 6.92 Å². The lowest BCUT2D eigenvalue weighted by Gasteiger charge is -2.30. The average molecular weight is 462 g/mol. The molecule has 2 N–H and O–H groups in total. The Kier molecular flexibility index (Phi) is 7.35. The molecule has 0 aliphatic heterocycles. The number of aromatic carboxylic acids is 1. The van der Waals surface area contributed by atoms with E-state index in [-0.39, 0.29) is 11.2 Å². The van der Waals surface area contributed by atoms with E-state index in [1.54, 1.807) is 6.07 Å². The Labute approximate surface area is 203 Å². The zero-order valence-electron chi connectivity index (χ0n) is 21.2. The summed E-state index contributed by atoms with van der Waals surface area (Å²) in [5, 5.41) is 11.7. The monoisotopic (exact) mass is 461 g/mol. The van der Waals surface area contributed by atoms with Crippen molar-refractivity contribution in [3.8, 4) is 0 Å². The molecule has 2 aliphatic rings.